The standard InChI is InChI=1S/C12H22F3NO2/c13-12(14,15)9-18-6-5-16-7-10-3-1-2-4-11(10)8-17/h10-11,16-17H,1-9H2. The molecule has 6 heteroatoms. The Hall–Kier alpha value is -0.330. The van der Waals surface area contributed by atoms with Crippen molar-refractivity contribution in [2.45, 2.75) is 31.9 Å². The Labute approximate surface area is 106 Å². The summed E-state index contributed by atoms with van der Waals surface area (Å²) in [6.07, 6.45) is 0.226. The molecule has 2 unspecified atom stereocenters. The minimum Gasteiger partial charge on any atom is -0.396 e. The van der Waals surface area contributed by atoms with E-state index in [1.165, 1.54) is 6.42 Å². The second-order valence-electron chi connectivity index (χ2n) is 4.86. The first kappa shape index (κ1) is 15.7. The topological polar surface area (TPSA) is 41.5 Å². The fourth-order valence-corrected chi connectivity index (χ4v) is 2.41. The zero-order valence-corrected chi connectivity index (χ0v) is 10.5. The van der Waals surface area contributed by atoms with Crippen LogP contribution in [-0.2, 0) is 4.74 Å². The average Bonchev–Trinajstić information content (AvgIpc) is 2.32. The summed E-state index contributed by atoms with van der Waals surface area (Å²) in [6, 6.07) is 0. The van der Waals surface area contributed by atoms with E-state index in [0.29, 0.717) is 18.4 Å². The predicted molar refractivity (Wildman–Crippen MR) is 62.3 cm³/mol. The molecular weight excluding hydrogens is 247 g/mol. The number of hydrogen-bond acceptors (Lipinski definition) is 3. The lowest BCUT2D eigenvalue weighted by Gasteiger charge is -2.30. The van der Waals surface area contributed by atoms with Gasteiger partial charge in [-0.25, -0.2) is 0 Å². The van der Waals surface area contributed by atoms with E-state index in [0.717, 1.165) is 25.8 Å². The molecule has 0 amide bonds. The Kier molecular flexibility index (Phi) is 6.96. The van der Waals surface area contributed by atoms with Gasteiger partial charge in [0, 0.05) is 13.2 Å². The first-order valence-corrected chi connectivity index (χ1v) is 6.49. The van der Waals surface area contributed by atoms with Crippen LogP contribution in [0, 0.1) is 11.8 Å². The fourth-order valence-electron chi connectivity index (χ4n) is 2.41. The van der Waals surface area contributed by atoms with Gasteiger partial charge in [-0.15, -0.1) is 0 Å². The molecule has 18 heavy (non-hydrogen) atoms. The van der Waals surface area contributed by atoms with Gasteiger partial charge in [0.2, 0.25) is 0 Å². The van der Waals surface area contributed by atoms with E-state index < -0.39 is 12.8 Å². The van der Waals surface area contributed by atoms with Crippen LogP contribution < -0.4 is 5.32 Å². The Morgan fingerprint density at radius 2 is 1.83 bits per heavy atom. The zero-order valence-electron chi connectivity index (χ0n) is 10.5. The molecule has 0 bridgehead atoms. The van der Waals surface area contributed by atoms with Crippen LogP contribution in [-0.4, -0.2) is 44.2 Å². The van der Waals surface area contributed by atoms with Gasteiger partial charge in [0.15, 0.2) is 0 Å². The monoisotopic (exact) mass is 269 g/mol. The maximum atomic E-state index is 11.8. The third-order valence-corrected chi connectivity index (χ3v) is 3.40. The molecule has 0 saturated heterocycles. The van der Waals surface area contributed by atoms with Crippen molar-refractivity contribution in [3.05, 3.63) is 0 Å². The van der Waals surface area contributed by atoms with Crippen LogP contribution in [0.1, 0.15) is 25.7 Å². The van der Waals surface area contributed by atoms with Crippen molar-refractivity contribution in [1.82, 2.24) is 5.32 Å². The lowest BCUT2D eigenvalue weighted by molar-refractivity contribution is -0.173. The van der Waals surface area contributed by atoms with Gasteiger partial charge in [-0.1, -0.05) is 12.8 Å². The molecule has 1 fully saturated rings. The molecular formula is C12H22F3NO2. The van der Waals surface area contributed by atoms with Gasteiger partial charge < -0.3 is 15.2 Å². The van der Waals surface area contributed by atoms with Gasteiger partial charge in [0.1, 0.15) is 6.61 Å². The highest BCUT2D eigenvalue weighted by molar-refractivity contribution is 4.76. The molecule has 1 aliphatic rings. The number of aliphatic hydroxyl groups is 1. The van der Waals surface area contributed by atoms with E-state index in [-0.39, 0.29) is 13.2 Å². The van der Waals surface area contributed by atoms with Gasteiger partial charge in [0.05, 0.1) is 6.61 Å². The summed E-state index contributed by atoms with van der Waals surface area (Å²) in [4.78, 5) is 0. The molecule has 0 aromatic rings. The molecule has 0 spiro atoms. The highest BCUT2D eigenvalue weighted by Gasteiger charge is 2.27. The van der Waals surface area contributed by atoms with E-state index in [9.17, 15) is 18.3 Å². The van der Waals surface area contributed by atoms with Crippen molar-refractivity contribution in [2.24, 2.45) is 11.8 Å². The molecule has 2 atom stereocenters. The van der Waals surface area contributed by atoms with Gasteiger partial charge >= 0.3 is 6.18 Å². The summed E-state index contributed by atoms with van der Waals surface area (Å²) in [5, 5.41) is 12.3. The highest BCUT2D eigenvalue weighted by Crippen LogP contribution is 2.28. The minimum atomic E-state index is -4.24. The normalized spacial score (nSPS) is 25.3. The van der Waals surface area contributed by atoms with Gasteiger partial charge in [-0.3, -0.25) is 0 Å². The summed E-state index contributed by atoms with van der Waals surface area (Å²) in [5.41, 5.74) is 0. The molecule has 0 aliphatic heterocycles. The van der Waals surface area contributed by atoms with Crippen LogP contribution in [0.15, 0.2) is 0 Å². The quantitative estimate of drug-likeness (QED) is 0.694. The number of nitrogens with one attached hydrogen (secondary N) is 1. The van der Waals surface area contributed by atoms with E-state index in [2.05, 4.69) is 10.1 Å². The predicted octanol–water partition coefficient (Wildman–Crippen LogP) is 1.95. The van der Waals surface area contributed by atoms with Crippen molar-refractivity contribution < 1.29 is 23.0 Å². The number of rotatable bonds is 7. The Balaban J connectivity index is 2.03. The Morgan fingerprint density at radius 1 is 1.17 bits per heavy atom. The van der Waals surface area contributed by atoms with Crippen LogP contribution in [0.25, 0.3) is 0 Å². The Bertz CT molecular complexity index is 224. The number of ether oxygens (including phenoxy) is 1. The largest absolute Gasteiger partial charge is 0.411 e. The van der Waals surface area contributed by atoms with E-state index in [4.69, 9.17) is 0 Å². The molecule has 0 aromatic carbocycles. The fraction of sp³-hybridized carbons (Fsp3) is 1.00. The second-order valence-corrected chi connectivity index (χ2v) is 4.86. The summed E-state index contributed by atoms with van der Waals surface area (Å²) in [7, 11) is 0. The third-order valence-electron chi connectivity index (χ3n) is 3.40. The molecule has 1 aliphatic carbocycles. The average molecular weight is 269 g/mol. The van der Waals surface area contributed by atoms with Gasteiger partial charge in [-0.05, 0) is 31.2 Å². The van der Waals surface area contributed by atoms with Crippen LogP contribution in [0.2, 0.25) is 0 Å². The lowest BCUT2D eigenvalue weighted by atomic mass is 9.80. The van der Waals surface area contributed by atoms with Gasteiger partial charge in [-0.2, -0.15) is 13.2 Å². The van der Waals surface area contributed by atoms with Crippen molar-refractivity contribution >= 4 is 0 Å². The second kappa shape index (κ2) is 7.96. The van der Waals surface area contributed by atoms with E-state index >= 15 is 0 Å². The molecule has 1 saturated carbocycles. The first-order valence-electron chi connectivity index (χ1n) is 6.49. The third kappa shape index (κ3) is 6.56. The highest BCUT2D eigenvalue weighted by atomic mass is 19.4. The smallest absolute Gasteiger partial charge is 0.396 e. The summed E-state index contributed by atoms with van der Waals surface area (Å²) in [5.74, 6) is 0.772. The maximum Gasteiger partial charge on any atom is 0.411 e. The molecule has 108 valence electrons. The summed E-state index contributed by atoms with van der Waals surface area (Å²) >= 11 is 0. The molecule has 3 nitrogen and oxygen atoms in total. The number of aliphatic hydroxyl groups excluding tert-OH is 1. The van der Waals surface area contributed by atoms with E-state index in [1.54, 1.807) is 0 Å². The van der Waals surface area contributed by atoms with Gasteiger partial charge in [0.25, 0.3) is 0 Å². The Morgan fingerprint density at radius 3 is 2.44 bits per heavy atom. The van der Waals surface area contributed by atoms with E-state index in [1.807, 2.05) is 0 Å². The van der Waals surface area contributed by atoms with Crippen LogP contribution in [0.5, 0.6) is 0 Å². The molecule has 0 aromatic heterocycles. The van der Waals surface area contributed by atoms with Crippen LogP contribution in [0.3, 0.4) is 0 Å². The SMILES string of the molecule is OCC1CCCCC1CNCCOCC(F)(F)F. The molecule has 0 heterocycles. The first-order chi connectivity index (χ1) is 8.53. The molecule has 2 N–H and O–H groups in total. The number of hydrogen-bond donors (Lipinski definition) is 2. The number of halogens is 3. The van der Waals surface area contributed by atoms with Crippen molar-refractivity contribution in [3.63, 3.8) is 0 Å². The summed E-state index contributed by atoms with van der Waals surface area (Å²) < 4.78 is 39.8. The molecule has 1 rings (SSSR count). The van der Waals surface area contributed by atoms with Crippen LogP contribution >= 0.6 is 0 Å². The maximum absolute atomic E-state index is 11.8. The lowest BCUT2D eigenvalue weighted by Crippen LogP contribution is -2.34. The zero-order chi connectivity index (χ0) is 13.4. The van der Waals surface area contributed by atoms with Crippen molar-refractivity contribution in [1.29, 1.82) is 0 Å². The summed E-state index contributed by atoms with van der Waals surface area (Å²) in [6.45, 7) is 0.260. The van der Waals surface area contributed by atoms with Crippen molar-refractivity contribution in [3.8, 4) is 0 Å². The van der Waals surface area contributed by atoms with Crippen LogP contribution in [0.4, 0.5) is 13.2 Å². The van der Waals surface area contributed by atoms with Crippen molar-refractivity contribution in [2.75, 3.05) is 32.9 Å². The molecule has 0 radical (unpaired) electrons. The minimum absolute atomic E-state index is 0.0655. The number of alkyl halides is 3.